The zero-order valence-electron chi connectivity index (χ0n) is 9.52. The first kappa shape index (κ1) is 11.4. The molecule has 0 atom stereocenters. The third-order valence-corrected chi connectivity index (χ3v) is 2.88. The minimum atomic E-state index is 0.836. The zero-order chi connectivity index (χ0) is 11.5. The van der Waals surface area contributed by atoms with Gasteiger partial charge in [-0.05, 0) is 29.3 Å². The van der Waals surface area contributed by atoms with E-state index in [1.165, 1.54) is 0 Å². The number of aromatic nitrogens is 3. The van der Waals surface area contributed by atoms with Crippen molar-refractivity contribution in [2.24, 2.45) is 0 Å². The van der Waals surface area contributed by atoms with Crippen LogP contribution < -0.4 is 4.90 Å². The molecule has 2 aromatic rings. The van der Waals surface area contributed by atoms with E-state index in [2.05, 4.69) is 44.6 Å². The molecule has 0 aliphatic heterocycles. The van der Waals surface area contributed by atoms with Crippen LogP contribution in [0, 0.1) is 0 Å². The van der Waals surface area contributed by atoms with Crippen molar-refractivity contribution in [1.29, 1.82) is 0 Å². The Balaban J connectivity index is 2.52. The van der Waals surface area contributed by atoms with Gasteiger partial charge >= 0.3 is 0 Å². The predicted octanol–water partition coefficient (Wildman–Crippen LogP) is 2.73. The van der Waals surface area contributed by atoms with Crippen molar-refractivity contribution in [3.05, 3.63) is 23.2 Å². The van der Waals surface area contributed by atoms with E-state index in [0.29, 0.717) is 0 Å². The smallest absolute Gasteiger partial charge is 0.180 e. The molecule has 0 radical (unpaired) electrons. The molecule has 2 aromatic heterocycles. The highest BCUT2D eigenvalue weighted by molar-refractivity contribution is 9.10. The van der Waals surface area contributed by atoms with Crippen LogP contribution in [0.1, 0.15) is 20.3 Å². The lowest BCUT2D eigenvalue weighted by Crippen LogP contribution is -2.25. The van der Waals surface area contributed by atoms with Gasteiger partial charge < -0.3 is 9.30 Å². The average molecular weight is 283 g/mol. The standard InChI is InChI=1S/C11H15BrN4/c1-3-6-15(4-2)11-10-13-5-7-16(10)8-9(12)14-11/h5,7-8H,3-4,6H2,1-2H3. The Morgan fingerprint density at radius 2 is 2.25 bits per heavy atom. The van der Waals surface area contributed by atoms with Crippen LogP contribution in [0.15, 0.2) is 23.2 Å². The van der Waals surface area contributed by atoms with Gasteiger partial charge in [-0.3, -0.25) is 0 Å². The van der Waals surface area contributed by atoms with Gasteiger partial charge in [0.15, 0.2) is 11.5 Å². The molecule has 0 aromatic carbocycles. The lowest BCUT2D eigenvalue weighted by molar-refractivity contribution is 0.776. The lowest BCUT2D eigenvalue weighted by Gasteiger charge is -2.21. The number of nitrogens with zero attached hydrogens (tertiary/aromatic N) is 4. The van der Waals surface area contributed by atoms with Crippen LogP contribution in [0.25, 0.3) is 5.65 Å². The summed E-state index contributed by atoms with van der Waals surface area (Å²) in [6.07, 6.45) is 6.76. The van der Waals surface area contributed by atoms with Gasteiger partial charge in [0.1, 0.15) is 4.60 Å². The van der Waals surface area contributed by atoms with Crippen molar-refractivity contribution in [2.45, 2.75) is 20.3 Å². The van der Waals surface area contributed by atoms with E-state index in [1.807, 2.05) is 16.8 Å². The molecule has 0 aliphatic carbocycles. The monoisotopic (exact) mass is 282 g/mol. The summed E-state index contributed by atoms with van der Waals surface area (Å²) in [6, 6.07) is 0. The summed E-state index contributed by atoms with van der Waals surface area (Å²) >= 11 is 3.43. The molecule has 16 heavy (non-hydrogen) atoms. The Kier molecular flexibility index (Phi) is 3.43. The lowest BCUT2D eigenvalue weighted by atomic mass is 10.4. The fraction of sp³-hybridized carbons (Fsp3) is 0.455. The Hall–Kier alpha value is -1.10. The number of anilines is 1. The number of imidazole rings is 1. The summed E-state index contributed by atoms with van der Waals surface area (Å²) in [7, 11) is 0. The molecule has 86 valence electrons. The molecule has 0 bridgehead atoms. The van der Waals surface area contributed by atoms with Crippen LogP contribution in [0.2, 0.25) is 0 Å². The molecule has 0 N–H and O–H groups in total. The van der Waals surface area contributed by atoms with Crippen LogP contribution in [0.3, 0.4) is 0 Å². The topological polar surface area (TPSA) is 33.4 Å². The summed E-state index contributed by atoms with van der Waals surface area (Å²) in [6.45, 7) is 6.25. The second-order valence-electron chi connectivity index (χ2n) is 3.63. The maximum absolute atomic E-state index is 4.52. The first-order valence-electron chi connectivity index (χ1n) is 5.50. The predicted molar refractivity (Wildman–Crippen MR) is 68.9 cm³/mol. The van der Waals surface area contributed by atoms with Gasteiger partial charge in [0.25, 0.3) is 0 Å². The zero-order valence-corrected chi connectivity index (χ0v) is 11.1. The van der Waals surface area contributed by atoms with Crippen molar-refractivity contribution < 1.29 is 0 Å². The highest BCUT2D eigenvalue weighted by atomic mass is 79.9. The van der Waals surface area contributed by atoms with Crippen LogP contribution in [-0.4, -0.2) is 27.5 Å². The van der Waals surface area contributed by atoms with Gasteiger partial charge in [0, 0.05) is 31.7 Å². The van der Waals surface area contributed by atoms with Gasteiger partial charge in [-0.2, -0.15) is 0 Å². The van der Waals surface area contributed by atoms with E-state index in [0.717, 1.165) is 35.6 Å². The van der Waals surface area contributed by atoms with E-state index in [1.54, 1.807) is 6.20 Å². The van der Waals surface area contributed by atoms with E-state index in [-0.39, 0.29) is 0 Å². The summed E-state index contributed by atoms with van der Waals surface area (Å²) in [5.41, 5.74) is 0.915. The quantitative estimate of drug-likeness (QED) is 0.865. The SMILES string of the molecule is CCCN(CC)c1nc(Br)cn2ccnc12. The molecular formula is C11H15BrN4. The second-order valence-corrected chi connectivity index (χ2v) is 4.44. The maximum atomic E-state index is 4.52. The molecule has 0 amide bonds. The van der Waals surface area contributed by atoms with Gasteiger partial charge in [-0.1, -0.05) is 6.92 Å². The number of halogens is 1. The Labute approximate surface area is 103 Å². The van der Waals surface area contributed by atoms with E-state index in [9.17, 15) is 0 Å². The van der Waals surface area contributed by atoms with Crippen molar-refractivity contribution >= 4 is 27.4 Å². The fourth-order valence-electron chi connectivity index (χ4n) is 1.78. The van der Waals surface area contributed by atoms with Gasteiger partial charge in [0.05, 0.1) is 0 Å². The van der Waals surface area contributed by atoms with E-state index < -0.39 is 0 Å². The molecule has 0 aliphatic rings. The van der Waals surface area contributed by atoms with Gasteiger partial charge in [0.2, 0.25) is 0 Å². The first-order valence-corrected chi connectivity index (χ1v) is 6.29. The Morgan fingerprint density at radius 3 is 2.94 bits per heavy atom. The van der Waals surface area contributed by atoms with E-state index >= 15 is 0 Å². The summed E-state index contributed by atoms with van der Waals surface area (Å²) in [5, 5.41) is 0. The fourth-order valence-corrected chi connectivity index (χ4v) is 2.17. The maximum Gasteiger partial charge on any atom is 0.180 e. The van der Waals surface area contributed by atoms with Gasteiger partial charge in [-0.15, -0.1) is 0 Å². The number of hydrogen-bond acceptors (Lipinski definition) is 3. The van der Waals surface area contributed by atoms with Crippen LogP contribution >= 0.6 is 15.9 Å². The average Bonchev–Trinajstić information content (AvgIpc) is 2.72. The third-order valence-electron chi connectivity index (χ3n) is 2.50. The molecular weight excluding hydrogens is 268 g/mol. The molecule has 0 saturated heterocycles. The van der Waals surface area contributed by atoms with Crippen LogP contribution in [0.5, 0.6) is 0 Å². The highest BCUT2D eigenvalue weighted by Gasteiger charge is 2.12. The van der Waals surface area contributed by atoms with Gasteiger partial charge in [-0.25, -0.2) is 9.97 Å². The molecule has 2 heterocycles. The Bertz CT molecular complexity index is 480. The normalized spacial score (nSPS) is 10.9. The number of rotatable bonds is 4. The number of hydrogen-bond donors (Lipinski definition) is 0. The van der Waals surface area contributed by atoms with Crippen molar-refractivity contribution in [3.8, 4) is 0 Å². The Morgan fingerprint density at radius 1 is 1.44 bits per heavy atom. The van der Waals surface area contributed by atoms with E-state index in [4.69, 9.17) is 0 Å². The molecule has 5 heteroatoms. The van der Waals surface area contributed by atoms with Crippen LogP contribution in [-0.2, 0) is 0 Å². The summed E-state index contributed by atoms with van der Waals surface area (Å²) in [5.74, 6) is 0.948. The van der Waals surface area contributed by atoms with Crippen LogP contribution in [0.4, 0.5) is 5.82 Å². The summed E-state index contributed by atoms with van der Waals surface area (Å²) in [4.78, 5) is 11.1. The molecule has 0 unspecified atom stereocenters. The molecule has 2 rings (SSSR count). The molecule has 0 spiro atoms. The largest absolute Gasteiger partial charge is 0.354 e. The number of fused-ring (bicyclic) bond motifs is 1. The highest BCUT2D eigenvalue weighted by Crippen LogP contribution is 2.20. The first-order chi connectivity index (χ1) is 7.76. The second kappa shape index (κ2) is 4.82. The van der Waals surface area contributed by atoms with Crippen molar-refractivity contribution in [2.75, 3.05) is 18.0 Å². The molecule has 4 nitrogen and oxygen atoms in total. The van der Waals surface area contributed by atoms with Crippen molar-refractivity contribution in [1.82, 2.24) is 14.4 Å². The minimum absolute atomic E-state index is 0.836. The van der Waals surface area contributed by atoms with Crippen molar-refractivity contribution in [3.63, 3.8) is 0 Å². The molecule has 0 fully saturated rings. The summed E-state index contributed by atoms with van der Waals surface area (Å²) < 4.78 is 2.83. The minimum Gasteiger partial charge on any atom is -0.354 e. The molecule has 0 saturated carbocycles. The third kappa shape index (κ3) is 2.04.